The first kappa shape index (κ1) is 31.6. The summed E-state index contributed by atoms with van der Waals surface area (Å²) in [5, 5.41) is 3.69. The standard InChI is InChI=1S/C32H42N6O5S/c1-20(16-21(2)39)31(44)38-11-7-10-25(38)30(41)34-29-23-18-26(42-3)27(43-4)19-24(23)33-32(35-29)37-14-12-36(13-15-37)28(40)17-22-8-5-6-9-22/h17-20,25H,5-16H2,1-4H3,(H,33,34,35,41)/t20?,25-/m1/s1. The largest absolute Gasteiger partial charge is 0.493 e. The fraction of sp³-hybridized carbons (Fsp3) is 0.562. The number of amides is 2. The Labute approximate surface area is 264 Å². The summed E-state index contributed by atoms with van der Waals surface area (Å²) in [6.45, 7) is 6.41. The highest BCUT2D eigenvalue weighted by Gasteiger charge is 2.35. The second-order valence-corrected chi connectivity index (χ2v) is 12.3. The Kier molecular flexibility index (Phi) is 9.97. The van der Waals surface area contributed by atoms with E-state index in [1.54, 1.807) is 33.3 Å². The van der Waals surface area contributed by atoms with Gasteiger partial charge in [-0.2, -0.15) is 4.98 Å². The topological polar surface area (TPSA) is 117 Å². The highest BCUT2D eigenvalue weighted by molar-refractivity contribution is 7.80. The third-order valence-corrected chi connectivity index (χ3v) is 9.37. The molecular formula is C32H42N6O5S. The number of thiocarbonyl (C=S) groups is 1. The Balaban J connectivity index is 1.39. The van der Waals surface area contributed by atoms with Crippen molar-refractivity contribution in [3.05, 3.63) is 23.8 Å². The third-order valence-electron chi connectivity index (χ3n) is 8.73. The van der Waals surface area contributed by atoms with Crippen molar-refractivity contribution in [3.8, 4) is 11.5 Å². The van der Waals surface area contributed by atoms with E-state index in [0.717, 1.165) is 32.1 Å². The van der Waals surface area contributed by atoms with Gasteiger partial charge in [0.25, 0.3) is 0 Å². The molecule has 0 radical (unpaired) electrons. The van der Waals surface area contributed by atoms with Crippen LogP contribution >= 0.6 is 12.2 Å². The lowest BCUT2D eigenvalue weighted by Crippen LogP contribution is -2.49. The van der Waals surface area contributed by atoms with E-state index in [9.17, 15) is 14.4 Å². The average molecular weight is 623 g/mol. The van der Waals surface area contributed by atoms with Crippen LogP contribution in [0.1, 0.15) is 58.8 Å². The molecule has 2 aliphatic heterocycles. The van der Waals surface area contributed by atoms with Crippen LogP contribution in [0.4, 0.5) is 11.8 Å². The highest BCUT2D eigenvalue weighted by atomic mass is 32.1. The molecule has 3 fully saturated rings. The van der Waals surface area contributed by atoms with Gasteiger partial charge >= 0.3 is 0 Å². The van der Waals surface area contributed by atoms with Crippen molar-refractivity contribution >= 4 is 57.5 Å². The number of hydrogen-bond donors (Lipinski definition) is 1. The Morgan fingerprint density at radius 1 is 1.02 bits per heavy atom. The molecule has 2 amide bonds. The lowest BCUT2D eigenvalue weighted by atomic mass is 10.0. The molecule has 1 aromatic carbocycles. The lowest BCUT2D eigenvalue weighted by Gasteiger charge is -2.34. The summed E-state index contributed by atoms with van der Waals surface area (Å²) in [5.41, 5.74) is 1.84. The first-order chi connectivity index (χ1) is 21.2. The van der Waals surface area contributed by atoms with Gasteiger partial charge in [-0.15, -0.1) is 0 Å². The fourth-order valence-corrected chi connectivity index (χ4v) is 6.65. The molecule has 1 aromatic heterocycles. The maximum atomic E-state index is 13.8. The smallest absolute Gasteiger partial charge is 0.248 e. The molecule has 1 saturated carbocycles. The molecule has 3 heterocycles. The van der Waals surface area contributed by atoms with E-state index in [0.29, 0.717) is 84.7 Å². The van der Waals surface area contributed by atoms with Gasteiger partial charge in [0, 0.05) is 62.6 Å². The van der Waals surface area contributed by atoms with E-state index >= 15 is 0 Å². The predicted molar refractivity (Wildman–Crippen MR) is 173 cm³/mol. The van der Waals surface area contributed by atoms with Crippen LogP contribution in [0.15, 0.2) is 23.8 Å². The number of allylic oxidation sites excluding steroid dienone is 1. The van der Waals surface area contributed by atoms with Crippen LogP contribution in [0.25, 0.3) is 10.9 Å². The van der Waals surface area contributed by atoms with Gasteiger partial charge in [0.2, 0.25) is 17.8 Å². The summed E-state index contributed by atoms with van der Waals surface area (Å²) in [7, 11) is 3.12. The summed E-state index contributed by atoms with van der Waals surface area (Å²) >= 11 is 5.73. The van der Waals surface area contributed by atoms with E-state index in [-0.39, 0.29) is 23.5 Å². The third kappa shape index (κ3) is 6.95. The molecule has 2 atom stereocenters. The molecular weight excluding hydrogens is 580 g/mol. The van der Waals surface area contributed by atoms with Crippen LogP contribution in [0, 0.1) is 5.92 Å². The molecule has 3 aliphatic rings. The van der Waals surface area contributed by atoms with E-state index in [2.05, 4.69) is 5.32 Å². The number of Topliss-reactive ketones (excluding diaryl/α,β-unsaturated/α-hetero) is 1. The van der Waals surface area contributed by atoms with Crippen LogP contribution in [0.3, 0.4) is 0 Å². The number of carbonyl (C=O) groups is 3. The van der Waals surface area contributed by atoms with Gasteiger partial charge in [0.05, 0.1) is 24.7 Å². The van der Waals surface area contributed by atoms with Gasteiger partial charge in [-0.25, -0.2) is 4.98 Å². The predicted octanol–water partition coefficient (Wildman–Crippen LogP) is 4.14. The zero-order chi connectivity index (χ0) is 31.4. The normalized spacial score (nSPS) is 19.2. The van der Waals surface area contributed by atoms with E-state index in [4.69, 9.17) is 31.7 Å². The van der Waals surface area contributed by atoms with E-state index in [1.807, 2.05) is 27.7 Å². The van der Waals surface area contributed by atoms with Crippen molar-refractivity contribution in [2.45, 2.75) is 64.8 Å². The zero-order valence-corrected chi connectivity index (χ0v) is 26.9. The molecule has 1 unspecified atom stereocenters. The molecule has 44 heavy (non-hydrogen) atoms. The Hall–Kier alpha value is -3.80. The number of piperazine rings is 1. The molecule has 1 aliphatic carbocycles. The first-order valence-corrected chi connectivity index (χ1v) is 15.9. The lowest BCUT2D eigenvalue weighted by molar-refractivity contribution is -0.126. The van der Waals surface area contributed by atoms with Gasteiger partial charge < -0.3 is 34.3 Å². The maximum absolute atomic E-state index is 13.8. The molecule has 236 valence electrons. The number of hydrogen-bond acceptors (Lipinski definition) is 9. The van der Waals surface area contributed by atoms with E-state index < -0.39 is 6.04 Å². The number of likely N-dealkylation sites (tertiary alicyclic amines) is 1. The number of rotatable bonds is 9. The van der Waals surface area contributed by atoms with Crippen molar-refractivity contribution in [1.29, 1.82) is 0 Å². The Morgan fingerprint density at radius 3 is 2.36 bits per heavy atom. The summed E-state index contributed by atoms with van der Waals surface area (Å²) < 4.78 is 11.1. The molecule has 0 spiro atoms. The van der Waals surface area contributed by atoms with Crippen LogP contribution in [-0.2, 0) is 14.4 Å². The summed E-state index contributed by atoms with van der Waals surface area (Å²) in [4.78, 5) is 54.6. The minimum absolute atomic E-state index is 0.0699. The maximum Gasteiger partial charge on any atom is 0.248 e. The van der Waals surface area contributed by atoms with Crippen LogP contribution in [-0.4, -0.2) is 95.3 Å². The number of nitrogens with one attached hydrogen (secondary N) is 1. The minimum atomic E-state index is -0.464. The number of fused-ring (bicyclic) bond motifs is 1. The number of anilines is 2. The van der Waals surface area contributed by atoms with Gasteiger partial charge in [-0.1, -0.05) is 24.7 Å². The number of nitrogens with zero attached hydrogens (tertiary/aromatic N) is 5. The first-order valence-electron chi connectivity index (χ1n) is 15.5. The Morgan fingerprint density at radius 2 is 1.70 bits per heavy atom. The molecule has 2 saturated heterocycles. The summed E-state index contributed by atoms with van der Waals surface area (Å²) in [6, 6.07) is 3.09. The Bertz CT molecular complexity index is 1460. The van der Waals surface area contributed by atoms with Gasteiger partial charge in [0.1, 0.15) is 17.6 Å². The molecule has 0 bridgehead atoms. The van der Waals surface area contributed by atoms with Crippen molar-refractivity contribution in [2.75, 3.05) is 57.2 Å². The zero-order valence-electron chi connectivity index (χ0n) is 26.1. The fourth-order valence-electron chi connectivity index (χ4n) is 6.35. The molecule has 11 nitrogen and oxygen atoms in total. The molecule has 5 rings (SSSR count). The van der Waals surface area contributed by atoms with Gasteiger partial charge in [0.15, 0.2) is 11.5 Å². The number of carbonyl (C=O) groups excluding carboxylic acids is 3. The highest BCUT2D eigenvalue weighted by Crippen LogP contribution is 2.36. The number of aromatic nitrogens is 2. The van der Waals surface area contributed by atoms with E-state index in [1.165, 1.54) is 5.57 Å². The molecule has 2 aromatic rings. The molecule has 1 N–H and O–H groups in total. The minimum Gasteiger partial charge on any atom is -0.493 e. The molecule has 12 heteroatoms. The van der Waals surface area contributed by atoms with Gasteiger partial charge in [-0.3, -0.25) is 9.59 Å². The van der Waals surface area contributed by atoms with Crippen molar-refractivity contribution in [1.82, 2.24) is 19.8 Å². The van der Waals surface area contributed by atoms with Crippen molar-refractivity contribution in [3.63, 3.8) is 0 Å². The van der Waals surface area contributed by atoms with Crippen LogP contribution in [0.5, 0.6) is 11.5 Å². The van der Waals surface area contributed by atoms with Crippen LogP contribution < -0.4 is 19.7 Å². The quantitative estimate of drug-likeness (QED) is 0.323. The van der Waals surface area contributed by atoms with Crippen molar-refractivity contribution < 1.29 is 23.9 Å². The van der Waals surface area contributed by atoms with Crippen LogP contribution in [0.2, 0.25) is 0 Å². The number of methoxy groups -OCH3 is 2. The SMILES string of the molecule is COc1cc2nc(N3CCN(C(=O)C=C4CCCC4)CC3)nc(NC(=O)[C@H]3CCCN3C(=S)C(C)CC(C)=O)c2cc1OC. The second-order valence-electron chi connectivity index (χ2n) is 11.9. The van der Waals surface area contributed by atoms with Gasteiger partial charge in [-0.05, 0) is 51.5 Å². The van der Waals surface area contributed by atoms with Crippen molar-refractivity contribution in [2.24, 2.45) is 5.92 Å². The average Bonchev–Trinajstić information content (AvgIpc) is 3.72. The number of ether oxygens (including phenoxy) is 2. The number of benzene rings is 1. The number of ketones is 1. The second kappa shape index (κ2) is 13.9. The monoisotopic (exact) mass is 622 g/mol. The summed E-state index contributed by atoms with van der Waals surface area (Å²) in [5.74, 6) is 1.66. The summed E-state index contributed by atoms with van der Waals surface area (Å²) in [6.07, 6.45) is 7.99.